The van der Waals surface area contributed by atoms with Gasteiger partial charge in [0.25, 0.3) is 0 Å². The van der Waals surface area contributed by atoms with Crippen molar-refractivity contribution in [2.45, 2.75) is 5.75 Å². The summed E-state index contributed by atoms with van der Waals surface area (Å²) < 4.78 is 13.3. The number of amides is 1. The standard InChI is InChI=1S/C18H16FNOS/c19-17-11-5-4-9-16(17)10-6-12-20-18(21)14-22-13-15-7-2-1-3-8-15/h1-5,7-9,11H,12-14H2,(H,20,21). The van der Waals surface area contributed by atoms with Crippen LogP contribution in [0.2, 0.25) is 0 Å². The molecule has 2 aromatic rings. The summed E-state index contributed by atoms with van der Waals surface area (Å²) in [6.45, 7) is 0.221. The van der Waals surface area contributed by atoms with Crippen molar-refractivity contribution in [2.24, 2.45) is 0 Å². The second-order valence-electron chi connectivity index (χ2n) is 4.54. The monoisotopic (exact) mass is 313 g/mol. The minimum Gasteiger partial charge on any atom is -0.344 e. The molecule has 0 atom stereocenters. The lowest BCUT2D eigenvalue weighted by atomic mass is 10.2. The Balaban J connectivity index is 1.67. The highest BCUT2D eigenvalue weighted by Crippen LogP contribution is 2.10. The van der Waals surface area contributed by atoms with Crippen LogP contribution in [0.5, 0.6) is 0 Å². The molecule has 0 heterocycles. The van der Waals surface area contributed by atoms with E-state index in [1.54, 1.807) is 30.0 Å². The van der Waals surface area contributed by atoms with Crippen LogP contribution in [0.25, 0.3) is 0 Å². The fourth-order valence-corrected chi connectivity index (χ4v) is 2.55. The van der Waals surface area contributed by atoms with Crippen molar-refractivity contribution in [1.82, 2.24) is 5.32 Å². The van der Waals surface area contributed by atoms with Crippen LogP contribution in [-0.4, -0.2) is 18.2 Å². The molecule has 0 fully saturated rings. The molecule has 0 aliphatic carbocycles. The smallest absolute Gasteiger partial charge is 0.230 e. The van der Waals surface area contributed by atoms with E-state index in [1.165, 1.54) is 11.6 Å². The first kappa shape index (κ1) is 16.1. The third-order valence-electron chi connectivity index (χ3n) is 2.82. The molecule has 0 aromatic heterocycles. The molecular weight excluding hydrogens is 297 g/mol. The Labute approximate surface area is 134 Å². The predicted molar refractivity (Wildman–Crippen MR) is 88.9 cm³/mol. The minimum atomic E-state index is -0.347. The average molecular weight is 313 g/mol. The van der Waals surface area contributed by atoms with Gasteiger partial charge in [0.05, 0.1) is 17.9 Å². The second-order valence-corrected chi connectivity index (χ2v) is 5.52. The third kappa shape index (κ3) is 5.63. The van der Waals surface area contributed by atoms with Crippen LogP contribution in [-0.2, 0) is 10.5 Å². The molecule has 1 N–H and O–H groups in total. The van der Waals surface area contributed by atoms with Crippen LogP contribution < -0.4 is 5.32 Å². The highest BCUT2D eigenvalue weighted by molar-refractivity contribution is 7.99. The Morgan fingerprint density at radius 3 is 2.59 bits per heavy atom. The molecular formula is C18H16FNOS. The molecule has 2 nitrogen and oxygen atoms in total. The number of halogens is 1. The first-order valence-electron chi connectivity index (χ1n) is 6.87. The summed E-state index contributed by atoms with van der Waals surface area (Å²) in [6, 6.07) is 16.3. The maximum absolute atomic E-state index is 13.3. The van der Waals surface area contributed by atoms with E-state index in [9.17, 15) is 9.18 Å². The third-order valence-corrected chi connectivity index (χ3v) is 3.82. The summed E-state index contributed by atoms with van der Waals surface area (Å²) in [4.78, 5) is 11.6. The predicted octanol–water partition coefficient (Wildman–Crippen LogP) is 3.23. The van der Waals surface area contributed by atoms with Crippen molar-refractivity contribution in [1.29, 1.82) is 0 Å². The van der Waals surface area contributed by atoms with Gasteiger partial charge in [-0.2, -0.15) is 0 Å². The Bertz CT molecular complexity index is 676. The molecule has 22 heavy (non-hydrogen) atoms. The quantitative estimate of drug-likeness (QED) is 0.859. The van der Waals surface area contributed by atoms with E-state index < -0.39 is 0 Å². The van der Waals surface area contributed by atoms with Gasteiger partial charge in [0.1, 0.15) is 5.82 Å². The number of benzene rings is 2. The first-order chi connectivity index (χ1) is 10.8. The number of carbonyl (C=O) groups excluding carboxylic acids is 1. The zero-order valence-electron chi connectivity index (χ0n) is 12.0. The Hall–Kier alpha value is -2.25. The van der Waals surface area contributed by atoms with Gasteiger partial charge < -0.3 is 5.32 Å². The second kappa shape index (κ2) is 8.91. The summed E-state index contributed by atoms with van der Waals surface area (Å²) in [5.41, 5.74) is 1.54. The zero-order chi connectivity index (χ0) is 15.6. The SMILES string of the molecule is O=C(CSCc1ccccc1)NCC#Cc1ccccc1F. The molecule has 0 aliphatic rings. The molecule has 2 rings (SSSR count). The van der Waals surface area contributed by atoms with Gasteiger partial charge in [-0.25, -0.2) is 4.39 Å². The van der Waals surface area contributed by atoms with Crippen molar-refractivity contribution in [2.75, 3.05) is 12.3 Å². The number of carbonyl (C=O) groups is 1. The van der Waals surface area contributed by atoms with Crippen LogP contribution in [0.1, 0.15) is 11.1 Å². The minimum absolute atomic E-state index is 0.0660. The fraction of sp³-hybridized carbons (Fsp3) is 0.167. The lowest BCUT2D eigenvalue weighted by Gasteiger charge is -2.02. The van der Waals surface area contributed by atoms with E-state index in [2.05, 4.69) is 17.2 Å². The largest absolute Gasteiger partial charge is 0.344 e. The molecule has 4 heteroatoms. The van der Waals surface area contributed by atoms with Crippen LogP contribution >= 0.6 is 11.8 Å². The van der Waals surface area contributed by atoms with E-state index in [-0.39, 0.29) is 18.3 Å². The van der Waals surface area contributed by atoms with Crippen molar-refractivity contribution in [3.63, 3.8) is 0 Å². The van der Waals surface area contributed by atoms with Gasteiger partial charge in [0.2, 0.25) is 5.91 Å². The van der Waals surface area contributed by atoms with Crippen LogP contribution in [0.3, 0.4) is 0 Å². The Morgan fingerprint density at radius 2 is 1.82 bits per heavy atom. The first-order valence-corrected chi connectivity index (χ1v) is 8.03. The lowest BCUT2D eigenvalue weighted by molar-refractivity contribution is -0.118. The highest BCUT2D eigenvalue weighted by Gasteiger charge is 2.00. The van der Waals surface area contributed by atoms with Crippen LogP contribution in [0.15, 0.2) is 54.6 Å². The average Bonchev–Trinajstić information content (AvgIpc) is 2.54. The normalized spacial score (nSPS) is 9.68. The summed E-state index contributed by atoms with van der Waals surface area (Å²) in [7, 11) is 0. The summed E-state index contributed by atoms with van der Waals surface area (Å²) in [5, 5.41) is 2.70. The number of thioether (sulfide) groups is 1. The summed E-state index contributed by atoms with van der Waals surface area (Å²) >= 11 is 1.55. The van der Waals surface area contributed by atoms with Gasteiger partial charge >= 0.3 is 0 Å². The van der Waals surface area contributed by atoms with Gasteiger partial charge in [-0.1, -0.05) is 54.3 Å². The maximum atomic E-state index is 13.3. The topological polar surface area (TPSA) is 29.1 Å². The maximum Gasteiger partial charge on any atom is 0.230 e. The van der Waals surface area contributed by atoms with Gasteiger partial charge in [-0.15, -0.1) is 11.8 Å². The van der Waals surface area contributed by atoms with Crippen molar-refractivity contribution in [3.8, 4) is 11.8 Å². The van der Waals surface area contributed by atoms with Crippen molar-refractivity contribution in [3.05, 3.63) is 71.5 Å². The van der Waals surface area contributed by atoms with Gasteiger partial charge in [0, 0.05) is 5.75 Å². The molecule has 0 unspecified atom stereocenters. The van der Waals surface area contributed by atoms with Crippen molar-refractivity contribution < 1.29 is 9.18 Å². The molecule has 0 aliphatic heterocycles. The highest BCUT2D eigenvalue weighted by atomic mass is 32.2. The van der Waals surface area contributed by atoms with Gasteiger partial charge in [-0.3, -0.25) is 4.79 Å². The van der Waals surface area contributed by atoms with E-state index in [1.807, 2.05) is 30.3 Å². The van der Waals surface area contributed by atoms with Crippen LogP contribution in [0, 0.1) is 17.7 Å². The number of hydrogen-bond acceptors (Lipinski definition) is 2. The van der Waals surface area contributed by atoms with Crippen molar-refractivity contribution >= 4 is 17.7 Å². The van der Waals surface area contributed by atoms with E-state index in [4.69, 9.17) is 0 Å². The zero-order valence-corrected chi connectivity index (χ0v) is 12.8. The number of rotatable bonds is 5. The molecule has 0 bridgehead atoms. The molecule has 2 aromatic carbocycles. The fourth-order valence-electron chi connectivity index (χ4n) is 1.73. The Morgan fingerprint density at radius 1 is 1.09 bits per heavy atom. The molecule has 0 spiro atoms. The molecule has 112 valence electrons. The van der Waals surface area contributed by atoms with E-state index >= 15 is 0 Å². The number of nitrogens with one attached hydrogen (secondary N) is 1. The van der Waals surface area contributed by atoms with E-state index in [0.717, 1.165) is 5.75 Å². The molecule has 0 saturated carbocycles. The summed E-state index contributed by atoms with van der Waals surface area (Å²) in [5.74, 6) is 6.23. The molecule has 0 radical (unpaired) electrons. The summed E-state index contributed by atoms with van der Waals surface area (Å²) in [6.07, 6.45) is 0. The van der Waals surface area contributed by atoms with Crippen LogP contribution in [0.4, 0.5) is 4.39 Å². The van der Waals surface area contributed by atoms with Gasteiger partial charge in [0.15, 0.2) is 0 Å². The lowest BCUT2D eigenvalue weighted by Crippen LogP contribution is -2.25. The molecule has 0 saturated heterocycles. The molecule has 1 amide bonds. The number of hydrogen-bond donors (Lipinski definition) is 1. The van der Waals surface area contributed by atoms with E-state index in [0.29, 0.717) is 11.3 Å². The Kier molecular flexibility index (Phi) is 6.53. The van der Waals surface area contributed by atoms with Gasteiger partial charge in [-0.05, 0) is 17.7 Å².